The Balaban J connectivity index is 1.73. The summed E-state index contributed by atoms with van der Waals surface area (Å²) in [5.74, 6) is -0.819. The number of carbonyl (C=O) groups is 4. The maximum Gasteiger partial charge on any atom is 0.338 e. The van der Waals surface area contributed by atoms with Crippen LogP contribution in [0.1, 0.15) is 23.7 Å². The fourth-order valence-electron chi connectivity index (χ4n) is 3.54. The summed E-state index contributed by atoms with van der Waals surface area (Å²) in [7, 11) is 3.01. The van der Waals surface area contributed by atoms with Gasteiger partial charge in [-0.1, -0.05) is 0 Å². The van der Waals surface area contributed by atoms with Gasteiger partial charge in [-0.05, 0) is 55.5 Å². The van der Waals surface area contributed by atoms with Gasteiger partial charge in [-0.15, -0.1) is 0 Å². The monoisotopic (exact) mass is 469 g/mol. The van der Waals surface area contributed by atoms with E-state index in [1.807, 2.05) is 0 Å². The van der Waals surface area contributed by atoms with Gasteiger partial charge in [0.05, 0.1) is 38.0 Å². The van der Waals surface area contributed by atoms with Crippen LogP contribution in [0.4, 0.5) is 16.2 Å². The molecule has 10 nitrogen and oxygen atoms in total. The summed E-state index contributed by atoms with van der Waals surface area (Å²) in [5, 5.41) is 2.70. The molecule has 1 aliphatic rings. The molecule has 34 heavy (non-hydrogen) atoms. The van der Waals surface area contributed by atoms with E-state index in [0.717, 1.165) is 4.90 Å². The molecule has 180 valence electrons. The normalized spacial score (nSPS) is 15.4. The second-order valence-electron chi connectivity index (χ2n) is 7.41. The summed E-state index contributed by atoms with van der Waals surface area (Å²) in [6.07, 6.45) is -0.236. The van der Waals surface area contributed by atoms with E-state index in [4.69, 9.17) is 14.2 Å². The third-order valence-corrected chi connectivity index (χ3v) is 5.24. The fraction of sp³-hybridized carbons (Fsp3) is 0.333. The number of ether oxygens (including phenoxy) is 3. The van der Waals surface area contributed by atoms with Crippen LogP contribution in [0.15, 0.2) is 48.5 Å². The first kappa shape index (κ1) is 24.7. The van der Waals surface area contributed by atoms with Crippen LogP contribution < -0.4 is 15.0 Å². The summed E-state index contributed by atoms with van der Waals surface area (Å²) in [4.78, 5) is 53.1. The van der Waals surface area contributed by atoms with Crippen LogP contribution >= 0.6 is 0 Å². The summed E-state index contributed by atoms with van der Waals surface area (Å²) in [6, 6.07) is 11.2. The summed E-state index contributed by atoms with van der Waals surface area (Å²) in [6.45, 7) is 2.34. The van der Waals surface area contributed by atoms with Crippen molar-refractivity contribution in [2.24, 2.45) is 0 Å². The molecular weight excluding hydrogens is 442 g/mol. The number of methoxy groups -OCH3 is 2. The van der Waals surface area contributed by atoms with Gasteiger partial charge in [0.25, 0.3) is 5.91 Å². The number of imide groups is 1. The van der Waals surface area contributed by atoms with E-state index in [0.29, 0.717) is 22.7 Å². The molecule has 1 atom stereocenters. The van der Waals surface area contributed by atoms with E-state index in [2.05, 4.69) is 5.32 Å². The third kappa shape index (κ3) is 5.52. The molecule has 1 heterocycles. The van der Waals surface area contributed by atoms with Gasteiger partial charge in [0.1, 0.15) is 11.8 Å². The lowest BCUT2D eigenvalue weighted by molar-refractivity contribution is -0.124. The zero-order valence-corrected chi connectivity index (χ0v) is 19.3. The van der Waals surface area contributed by atoms with Crippen molar-refractivity contribution in [2.75, 3.05) is 44.2 Å². The van der Waals surface area contributed by atoms with E-state index < -0.39 is 29.9 Å². The van der Waals surface area contributed by atoms with Crippen molar-refractivity contribution >= 4 is 35.2 Å². The number of esters is 1. The number of hydrogen-bond donors (Lipinski definition) is 1. The van der Waals surface area contributed by atoms with E-state index in [9.17, 15) is 19.2 Å². The molecule has 0 bridgehead atoms. The number of hydrogen-bond acceptors (Lipinski definition) is 7. The average molecular weight is 469 g/mol. The molecule has 3 rings (SSSR count). The van der Waals surface area contributed by atoms with Crippen molar-refractivity contribution in [2.45, 2.75) is 19.4 Å². The molecule has 0 unspecified atom stereocenters. The van der Waals surface area contributed by atoms with Gasteiger partial charge in [0.2, 0.25) is 5.91 Å². The number of anilines is 2. The highest BCUT2D eigenvalue weighted by atomic mass is 16.5. The molecule has 1 aliphatic heterocycles. The Kier molecular flexibility index (Phi) is 8.20. The van der Waals surface area contributed by atoms with E-state index in [-0.39, 0.29) is 26.2 Å². The Labute approximate surface area is 197 Å². The minimum absolute atomic E-state index is 0.153. The highest BCUT2D eigenvalue weighted by molar-refractivity contribution is 6.22. The first-order valence-corrected chi connectivity index (χ1v) is 10.7. The molecule has 4 amide bonds. The van der Waals surface area contributed by atoms with Crippen LogP contribution in [0.2, 0.25) is 0 Å². The molecule has 1 fully saturated rings. The zero-order valence-electron chi connectivity index (χ0n) is 19.3. The van der Waals surface area contributed by atoms with Crippen molar-refractivity contribution in [3.63, 3.8) is 0 Å². The van der Waals surface area contributed by atoms with Crippen LogP contribution in [0.25, 0.3) is 0 Å². The number of rotatable bonds is 10. The highest BCUT2D eigenvalue weighted by Gasteiger charge is 2.46. The lowest BCUT2D eigenvalue weighted by Gasteiger charge is -2.21. The Morgan fingerprint density at radius 1 is 1.00 bits per heavy atom. The first-order valence-electron chi connectivity index (χ1n) is 10.7. The zero-order chi connectivity index (χ0) is 24.7. The van der Waals surface area contributed by atoms with Crippen molar-refractivity contribution in [3.8, 4) is 5.75 Å². The van der Waals surface area contributed by atoms with Gasteiger partial charge >= 0.3 is 12.0 Å². The second-order valence-corrected chi connectivity index (χ2v) is 7.41. The smallest absolute Gasteiger partial charge is 0.338 e. The summed E-state index contributed by atoms with van der Waals surface area (Å²) in [5.41, 5.74) is 1.19. The number of amides is 4. The number of benzene rings is 2. The number of nitrogens with one attached hydrogen (secondary N) is 1. The van der Waals surface area contributed by atoms with Gasteiger partial charge in [-0.2, -0.15) is 0 Å². The Morgan fingerprint density at radius 3 is 2.26 bits per heavy atom. The fourth-order valence-corrected chi connectivity index (χ4v) is 3.54. The molecular formula is C24H27N3O7. The maximum absolute atomic E-state index is 13.2. The topological polar surface area (TPSA) is 114 Å². The predicted molar refractivity (Wildman–Crippen MR) is 124 cm³/mol. The second kappa shape index (κ2) is 11.3. The van der Waals surface area contributed by atoms with Crippen LogP contribution in [0.5, 0.6) is 5.75 Å². The van der Waals surface area contributed by atoms with Crippen molar-refractivity contribution in [3.05, 3.63) is 54.1 Å². The largest absolute Gasteiger partial charge is 0.497 e. The third-order valence-electron chi connectivity index (χ3n) is 5.24. The molecule has 0 spiro atoms. The van der Waals surface area contributed by atoms with Crippen molar-refractivity contribution in [1.82, 2.24) is 4.90 Å². The lowest BCUT2D eigenvalue weighted by atomic mass is 10.1. The molecule has 2 aromatic rings. The number of nitrogens with zero attached hydrogens (tertiary/aromatic N) is 2. The molecule has 0 aliphatic carbocycles. The van der Waals surface area contributed by atoms with E-state index in [1.54, 1.807) is 43.3 Å². The minimum Gasteiger partial charge on any atom is -0.497 e. The lowest BCUT2D eigenvalue weighted by Crippen LogP contribution is -2.39. The summed E-state index contributed by atoms with van der Waals surface area (Å²) < 4.78 is 15.1. The summed E-state index contributed by atoms with van der Waals surface area (Å²) >= 11 is 0. The Bertz CT molecular complexity index is 1040. The van der Waals surface area contributed by atoms with Crippen LogP contribution in [-0.2, 0) is 19.1 Å². The van der Waals surface area contributed by atoms with Gasteiger partial charge in [-0.3, -0.25) is 9.59 Å². The number of urea groups is 1. The van der Waals surface area contributed by atoms with Crippen LogP contribution in [0, 0.1) is 0 Å². The number of carbonyl (C=O) groups excluding carboxylic acids is 4. The molecule has 1 N–H and O–H groups in total. The van der Waals surface area contributed by atoms with E-state index in [1.165, 1.54) is 31.3 Å². The standard InChI is InChI=1S/C24H27N3O7/c1-4-34-23(30)16-5-7-17(8-6-16)25-21(28)15-20-22(29)27(24(31)26(20)13-14-32-2)18-9-11-19(33-3)12-10-18/h5-12,20H,4,13-15H2,1-3H3,(H,25,28)/t20-/m1/s1. The average Bonchev–Trinajstić information content (AvgIpc) is 3.06. The molecule has 0 saturated carbocycles. The van der Waals surface area contributed by atoms with Gasteiger partial charge in [-0.25, -0.2) is 14.5 Å². The molecule has 1 saturated heterocycles. The van der Waals surface area contributed by atoms with Gasteiger partial charge in [0.15, 0.2) is 0 Å². The first-order chi connectivity index (χ1) is 16.4. The molecule has 0 aromatic heterocycles. The van der Waals surface area contributed by atoms with Crippen molar-refractivity contribution in [1.29, 1.82) is 0 Å². The van der Waals surface area contributed by atoms with Gasteiger partial charge < -0.3 is 24.4 Å². The van der Waals surface area contributed by atoms with Gasteiger partial charge in [0, 0.05) is 19.3 Å². The highest BCUT2D eigenvalue weighted by Crippen LogP contribution is 2.28. The molecule has 0 radical (unpaired) electrons. The van der Waals surface area contributed by atoms with Crippen molar-refractivity contribution < 1.29 is 33.4 Å². The molecule has 10 heteroatoms. The maximum atomic E-state index is 13.2. The van der Waals surface area contributed by atoms with Crippen LogP contribution in [-0.4, -0.2) is 68.7 Å². The molecule has 2 aromatic carbocycles. The predicted octanol–water partition coefficient (Wildman–Crippen LogP) is 2.68. The quantitative estimate of drug-likeness (QED) is 0.420. The van der Waals surface area contributed by atoms with E-state index >= 15 is 0 Å². The SMILES string of the molecule is CCOC(=O)c1ccc(NC(=O)C[C@@H]2C(=O)N(c3ccc(OC)cc3)C(=O)N2CCOC)cc1. The Hall–Kier alpha value is -3.92. The van der Waals surface area contributed by atoms with Crippen LogP contribution in [0.3, 0.4) is 0 Å². The minimum atomic E-state index is -0.983. The Morgan fingerprint density at radius 2 is 1.68 bits per heavy atom.